The second-order valence-corrected chi connectivity index (χ2v) is 34.0. The zero-order valence-electron chi connectivity index (χ0n) is 67.1. The second-order valence-electron chi connectivity index (χ2n) is 31.1. The van der Waals surface area contributed by atoms with Crippen molar-refractivity contribution in [2.45, 2.75) is 452 Å². The van der Waals surface area contributed by atoms with E-state index in [1.54, 1.807) is 0 Å². The van der Waals surface area contributed by atoms with E-state index in [9.17, 15) is 43.2 Å². The summed E-state index contributed by atoms with van der Waals surface area (Å²) in [7, 11) is -9.93. The monoisotopic (exact) mass is 1490 g/mol. The zero-order valence-corrected chi connectivity index (χ0v) is 68.9. The number of hydrogen-bond acceptors (Lipinski definition) is 15. The summed E-state index contributed by atoms with van der Waals surface area (Å²) in [4.78, 5) is 73.2. The van der Waals surface area contributed by atoms with Crippen molar-refractivity contribution < 1.29 is 80.2 Å². The van der Waals surface area contributed by atoms with Gasteiger partial charge in [0.15, 0.2) is 12.2 Å². The Morgan fingerprint density at radius 1 is 0.284 bits per heavy atom. The first-order valence-corrected chi connectivity index (χ1v) is 45.9. The van der Waals surface area contributed by atoms with Crippen LogP contribution in [0.25, 0.3) is 0 Å². The van der Waals surface area contributed by atoms with Gasteiger partial charge in [-0.3, -0.25) is 37.3 Å². The fourth-order valence-electron chi connectivity index (χ4n) is 12.8. The molecular formula is C83H162O17P2. The van der Waals surface area contributed by atoms with Gasteiger partial charge in [-0.1, -0.05) is 382 Å². The van der Waals surface area contributed by atoms with Gasteiger partial charge in [0, 0.05) is 25.7 Å². The first-order chi connectivity index (χ1) is 49.3. The summed E-state index contributed by atoms with van der Waals surface area (Å²) in [6.07, 6.45) is 62.3. The lowest BCUT2D eigenvalue weighted by Crippen LogP contribution is -2.30. The maximum atomic E-state index is 13.1. The van der Waals surface area contributed by atoms with Gasteiger partial charge in [-0.05, 0) is 43.4 Å². The highest BCUT2D eigenvalue weighted by molar-refractivity contribution is 7.47. The number of ether oxygens (including phenoxy) is 4. The molecule has 0 saturated carbocycles. The predicted molar refractivity (Wildman–Crippen MR) is 418 cm³/mol. The summed E-state index contributed by atoms with van der Waals surface area (Å²) in [5.41, 5.74) is 0. The Balaban J connectivity index is 5.27. The summed E-state index contributed by atoms with van der Waals surface area (Å²) in [6.45, 7) is 12.0. The molecule has 0 heterocycles. The minimum Gasteiger partial charge on any atom is -0.462 e. The van der Waals surface area contributed by atoms with E-state index in [2.05, 4.69) is 48.5 Å². The van der Waals surface area contributed by atoms with Crippen molar-refractivity contribution in [2.24, 2.45) is 17.8 Å². The molecular weight excluding hydrogens is 1330 g/mol. The van der Waals surface area contributed by atoms with E-state index in [1.165, 1.54) is 244 Å². The maximum absolute atomic E-state index is 13.1. The molecule has 0 aliphatic carbocycles. The summed E-state index contributed by atoms with van der Waals surface area (Å²) in [6, 6.07) is 0. The van der Waals surface area contributed by atoms with Gasteiger partial charge in [-0.25, -0.2) is 9.13 Å². The zero-order chi connectivity index (χ0) is 75.1. The van der Waals surface area contributed by atoms with Gasteiger partial charge in [-0.2, -0.15) is 0 Å². The van der Waals surface area contributed by atoms with Crippen molar-refractivity contribution >= 4 is 39.5 Å². The van der Waals surface area contributed by atoms with E-state index < -0.39 is 97.5 Å². The maximum Gasteiger partial charge on any atom is 0.472 e. The molecule has 0 aromatic heterocycles. The highest BCUT2D eigenvalue weighted by atomic mass is 31.2. The largest absolute Gasteiger partial charge is 0.472 e. The second kappa shape index (κ2) is 73.2. The first kappa shape index (κ1) is 100. The van der Waals surface area contributed by atoms with Crippen molar-refractivity contribution in [1.82, 2.24) is 0 Å². The number of aliphatic hydroxyl groups excluding tert-OH is 1. The molecule has 0 aromatic rings. The number of carbonyl (C=O) groups is 4. The number of aliphatic hydroxyl groups is 1. The van der Waals surface area contributed by atoms with Gasteiger partial charge in [0.25, 0.3) is 0 Å². The third-order valence-electron chi connectivity index (χ3n) is 19.7. The van der Waals surface area contributed by atoms with Gasteiger partial charge in [0.05, 0.1) is 26.4 Å². The molecule has 19 heteroatoms. The van der Waals surface area contributed by atoms with Gasteiger partial charge < -0.3 is 33.8 Å². The molecule has 3 unspecified atom stereocenters. The van der Waals surface area contributed by atoms with Gasteiger partial charge in [-0.15, -0.1) is 0 Å². The van der Waals surface area contributed by atoms with Crippen molar-refractivity contribution in [3.8, 4) is 0 Å². The Morgan fingerprint density at radius 2 is 0.500 bits per heavy atom. The molecule has 0 aromatic carbocycles. The van der Waals surface area contributed by atoms with Crippen LogP contribution in [0.15, 0.2) is 0 Å². The summed E-state index contributed by atoms with van der Waals surface area (Å²) in [5.74, 6) is 0.271. The third kappa shape index (κ3) is 74.9. The molecule has 0 radical (unpaired) electrons. The predicted octanol–water partition coefficient (Wildman–Crippen LogP) is 24.9. The number of rotatable bonds is 81. The Hall–Kier alpha value is -1.94. The Morgan fingerprint density at radius 3 is 0.745 bits per heavy atom. The fraction of sp³-hybridized carbons (Fsp3) is 0.952. The van der Waals surface area contributed by atoms with Gasteiger partial charge in [0.2, 0.25) is 0 Å². The number of esters is 4. The van der Waals surface area contributed by atoms with E-state index >= 15 is 0 Å². The first-order valence-electron chi connectivity index (χ1n) is 42.9. The molecule has 606 valence electrons. The standard InChI is InChI=1S/C83H162O17P2/c1-8-10-11-12-13-14-15-16-19-25-31-36-45-52-59-66-83(88)100-79(71-94-81(86)65-58-51-44-39-38-42-49-56-63-76(7)9-2)73-98-102(91,92)96-69-77(84)68-95-101(89,90)97-72-78(70-93-80(85)64-57-50-43-35-30-27-22-24-29-34-41-48-55-62-75(5)6)99-82(87)67-60-53-46-37-32-26-21-18-17-20-23-28-33-40-47-54-61-74(3)4/h74-79,84H,8-73H2,1-7H3,(H,89,90)(H,91,92)/t76?,77-,78-,79-/m1/s1. The van der Waals surface area contributed by atoms with Crippen molar-refractivity contribution in [1.29, 1.82) is 0 Å². The van der Waals surface area contributed by atoms with Crippen LogP contribution in [-0.2, 0) is 65.4 Å². The minimum absolute atomic E-state index is 0.108. The quantitative estimate of drug-likeness (QED) is 0.0222. The lowest BCUT2D eigenvalue weighted by Gasteiger charge is -2.21. The van der Waals surface area contributed by atoms with Crippen molar-refractivity contribution in [2.75, 3.05) is 39.6 Å². The minimum atomic E-state index is -4.96. The van der Waals surface area contributed by atoms with Gasteiger partial charge >= 0.3 is 39.5 Å². The van der Waals surface area contributed by atoms with E-state index in [-0.39, 0.29) is 25.7 Å². The fourth-order valence-corrected chi connectivity index (χ4v) is 14.4. The van der Waals surface area contributed by atoms with Gasteiger partial charge in [0.1, 0.15) is 19.3 Å². The molecule has 0 aliphatic heterocycles. The van der Waals surface area contributed by atoms with Crippen LogP contribution in [0.2, 0.25) is 0 Å². The molecule has 0 aliphatic rings. The highest BCUT2D eigenvalue weighted by Crippen LogP contribution is 2.45. The van der Waals surface area contributed by atoms with Crippen LogP contribution in [0.3, 0.4) is 0 Å². The van der Waals surface area contributed by atoms with Crippen molar-refractivity contribution in [3.05, 3.63) is 0 Å². The van der Waals surface area contributed by atoms with E-state index in [1.807, 2.05) is 0 Å². The third-order valence-corrected chi connectivity index (χ3v) is 21.6. The topological polar surface area (TPSA) is 237 Å². The Kier molecular flexibility index (Phi) is 71.8. The molecule has 0 spiro atoms. The number of hydrogen-bond donors (Lipinski definition) is 3. The molecule has 6 atom stereocenters. The molecule has 0 rings (SSSR count). The SMILES string of the molecule is CCCCCCCCCCCCCCCCCC(=O)O[C@H](COC(=O)CCCCCCCCCCC(C)CC)COP(=O)(O)OC[C@H](O)COP(=O)(O)OC[C@@H](COC(=O)CCCCCCCCCCCCCCCC(C)C)OC(=O)CCCCCCCCCCCCCCCCCCC(C)C. The summed E-state index contributed by atoms with van der Waals surface area (Å²) >= 11 is 0. The number of unbranched alkanes of at least 4 members (excludes halogenated alkanes) is 48. The van der Waals surface area contributed by atoms with E-state index in [0.717, 1.165) is 108 Å². The van der Waals surface area contributed by atoms with Crippen LogP contribution in [0.5, 0.6) is 0 Å². The van der Waals surface area contributed by atoms with Crippen LogP contribution in [0.1, 0.15) is 434 Å². The van der Waals surface area contributed by atoms with E-state index in [4.69, 9.17) is 37.0 Å². The Labute approximate surface area is 626 Å². The molecule has 0 fully saturated rings. The van der Waals surface area contributed by atoms with Crippen LogP contribution in [0.4, 0.5) is 0 Å². The molecule has 102 heavy (non-hydrogen) atoms. The highest BCUT2D eigenvalue weighted by Gasteiger charge is 2.30. The van der Waals surface area contributed by atoms with Crippen molar-refractivity contribution in [3.63, 3.8) is 0 Å². The number of carbonyl (C=O) groups excluding carboxylic acids is 4. The number of phosphoric acid groups is 2. The summed E-state index contributed by atoms with van der Waals surface area (Å²) < 4.78 is 68.8. The molecule has 0 saturated heterocycles. The lowest BCUT2D eigenvalue weighted by atomic mass is 9.99. The smallest absolute Gasteiger partial charge is 0.462 e. The average molecular weight is 1490 g/mol. The van der Waals surface area contributed by atoms with Crippen LogP contribution >= 0.6 is 15.6 Å². The van der Waals surface area contributed by atoms with Crippen LogP contribution in [-0.4, -0.2) is 96.7 Å². The van der Waals surface area contributed by atoms with Crippen LogP contribution in [0, 0.1) is 17.8 Å². The number of phosphoric ester groups is 2. The molecule has 17 nitrogen and oxygen atoms in total. The normalized spacial score (nSPS) is 14.2. The molecule has 3 N–H and O–H groups in total. The lowest BCUT2D eigenvalue weighted by molar-refractivity contribution is -0.161. The Bertz CT molecular complexity index is 1980. The molecule has 0 amide bonds. The average Bonchev–Trinajstić information content (AvgIpc) is 0.926. The van der Waals surface area contributed by atoms with Crippen LogP contribution < -0.4 is 0 Å². The van der Waals surface area contributed by atoms with E-state index in [0.29, 0.717) is 25.7 Å². The summed E-state index contributed by atoms with van der Waals surface area (Å²) in [5, 5.41) is 10.7. The molecule has 0 bridgehead atoms.